The zero-order valence-corrected chi connectivity index (χ0v) is 15.9. The highest BCUT2D eigenvalue weighted by Crippen LogP contribution is 2.31. The van der Waals surface area contributed by atoms with Crippen LogP contribution in [0.1, 0.15) is 33.6 Å². The second-order valence-electron chi connectivity index (χ2n) is 7.68. The summed E-state index contributed by atoms with van der Waals surface area (Å²) in [6.45, 7) is 6.24. The number of rotatable bonds is 4. The summed E-state index contributed by atoms with van der Waals surface area (Å²) in [5.41, 5.74) is 0.0610. The predicted octanol–water partition coefficient (Wildman–Crippen LogP) is 3.85. The normalized spacial score (nSPS) is 16.9. The van der Waals surface area contributed by atoms with Crippen LogP contribution in [0.4, 0.5) is 5.69 Å². The maximum Gasteiger partial charge on any atom is 0.247 e. The highest BCUT2D eigenvalue weighted by atomic mass is 16.5. The van der Waals surface area contributed by atoms with E-state index in [1.54, 1.807) is 41.6 Å². The standard InChI is InChI=1S/C21H25N3O3/c1-21(2,3)20(26)24-13-7-10-17(24)19(25)23-16-9-4-5-11-18(16)27-15-8-6-12-22-14-15/h4-6,8-9,11-12,14,17H,7,10,13H2,1-3H3,(H,23,25). The van der Waals surface area contributed by atoms with Crippen molar-refractivity contribution < 1.29 is 14.3 Å². The van der Waals surface area contributed by atoms with Gasteiger partial charge >= 0.3 is 0 Å². The Kier molecular flexibility index (Phi) is 5.44. The number of para-hydroxylation sites is 2. The van der Waals surface area contributed by atoms with Crippen molar-refractivity contribution in [2.45, 2.75) is 39.7 Å². The first-order valence-corrected chi connectivity index (χ1v) is 9.15. The summed E-state index contributed by atoms with van der Waals surface area (Å²) in [6, 6.07) is 10.4. The largest absolute Gasteiger partial charge is 0.454 e. The Morgan fingerprint density at radius 1 is 1.19 bits per heavy atom. The number of ether oxygens (including phenoxy) is 1. The van der Waals surface area contributed by atoms with E-state index in [0.29, 0.717) is 30.2 Å². The molecule has 1 aliphatic heterocycles. The molecule has 1 aliphatic rings. The molecule has 1 saturated heterocycles. The molecule has 3 rings (SSSR count). The number of aromatic nitrogens is 1. The fourth-order valence-electron chi connectivity index (χ4n) is 3.12. The third-order valence-electron chi connectivity index (χ3n) is 4.47. The van der Waals surface area contributed by atoms with Gasteiger partial charge in [0.25, 0.3) is 0 Å². The quantitative estimate of drug-likeness (QED) is 0.891. The minimum atomic E-state index is -0.510. The van der Waals surface area contributed by atoms with Crippen molar-refractivity contribution in [3.63, 3.8) is 0 Å². The molecule has 1 aromatic heterocycles. The Balaban J connectivity index is 1.75. The van der Waals surface area contributed by atoms with Gasteiger partial charge < -0.3 is 15.0 Å². The Morgan fingerprint density at radius 3 is 2.67 bits per heavy atom. The zero-order valence-electron chi connectivity index (χ0n) is 15.9. The first kappa shape index (κ1) is 18.9. The van der Waals surface area contributed by atoms with Crippen molar-refractivity contribution in [2.75, 3.05) is 11.9 Å². The Bertz CT molecular complexity index is 815. The van der Waals surface area contributed by atoms with E-state index in [2.05, 4.69) is 10.3 Å². The number of nitrogens with zero attached hydrogens (tertiary/aromatic N) is 2. The number of carbonyl (C=O) groups is 2. The highest BCUT2D eigenvalue weighted by molar-refractivity contribution is 5.99. The average molecular weight is 367 g/mol. The number of amides is 2. The van der Waals surface area contributed by atoms with Gasteiger partial charge in [0, 0.05) is 18.2 Å². The Morgan fingerprint density at radius 2 is 1.96 bits per heavy atom. The molecule has 0 spiro atoms. The third kappa shape index (κ3) is 4.45. The van der Waals surface area contributed by atoms with Gasteiger partial charge in [-0.1, -0.05) is 32.9 Å². The number of pyridine rings is 1. The van der Waals surface area contributed by atoms with Crippen molar-refractivity contribution in [3.8, 4) is 11.5 Å². The van der Waals surface area contributed by atoms with Crippen LogP contribution in [0.5, 0.6) is 11.5 Å². The van der Waals surface area contributed by atoms with Crippen LogP contribution in [-0.4, -0.2) is 34.3 Å². The zero-order chi connectivity index (χ0) is 19.4. The number of likely N-dealkylation sites (tertiary alicyclic amines) is 1. The first-order chi connectivity index (χ1) is 12.9. The molecule has 0 bridgehead atoms. The van der Waals surface area contributed by atoms with E-state index in [1.165, 1.54) is 0 Å². The summed E-state index contributed by atoms with van der Waals surface area (Å²) >= 11 is 0. The number of benzene rings is 1. The average Bonchev–Trinajstić information content (AvgIpc) is 3.12. The van der Waals surface area contributed by atoms with E-state index < -0.39 is 11.5 Å². The van der Waals surface area contributed by atoms with E-state index in [1.807, 2.05) is 32.9 Å². The van der Waals surface area contributed by atoms with Crippen LogP contribution >= 0.6 is 0 Å². The van der Waals surface area contributed by atoms with Gasteiger partial charge in [-0.25, -0.2) is 0 Å². The van der Waals surface area contributed by atoms with Crippen LogP contribution in [0.2, 0.25) is 0 Å². The monoisotopic (exact) mass is 367 g/mol. The molecule has 1 unspecified atom stereocenters. The predicted molar refractivity (Wildman–Crippen MR) is 104 cm³/mol. The first-order valence-electron chi connectivity index (χ1n) is 9.15. The molecule has 6 heteroatoms. The van der Waals surface area contributed by atoms with Gasteiger partial charge in [-0.05, 0) is 37.1 Å². The Labute approximate surface area is 159 Å². The van der Waals surface area contributed by atoms with Gasteiger partial charge in [0.05, 0.1) is 11.9 Å². The summed E-state index contributed by atoms with van der Waals surface area (Å²) in [5.74, 6) is 0.933. The van der Waals surface area contributed by atoms with E-state index in [-0.39, 0.29) is 11.8 Å². The molecule has 1 aromatic carbocycles. The van der Waals surface area contributed by atoms with Crippen molar-refractivity contribution >= 4 is 17.5 Å². The van der Waals surface area contributed by atoms with Crippen LogP contribution in [0.15, 0.2) is 48.8 Å². The molecule has 6 nitrogen and oxygen atoms in total. The number of hydrogen-bond donors (Lipinski definition) is 1. The lowest BCUT2D eigenvalue weighted by atomic mass is 9.94. The summed E-state index contributed by atoms with van der Waals surface area (Å²) in [6.07, 6.45) is 4.77. The lowest BCUT2D eigenvalue weighted by Gasteiger charge is -2.30. The lowest BCUT2D eigenvalue weighted by Crippen LogP contribution is -2.47. The van der Waals surface area contributed by atoms with E-state index >= 15 is 0 Å². The van der Waals surface area contributed by atoms with Crippen LogP contribution in [0, 0.1) is 5.41 Å². The maximum absolute atomic E-state index is 12.9. The van der Waals surface area contributed by atoms with Gasteiger partial charge in [0.1, 0.15) is 11.8 Å². The molecule has 1 fully saturated rings. The molecule has 0 aliphatic carbocycles. The smallest absolute Gasteiger partial charge is 0.247 e. The fourth-order valence-corrected chi connectivity index (χ4v) is 3.12. The summed E-state index contributed by atoms with van der Waals surface area (Å²) in [5, 5.41) is 2.93. The number of carbonyl (C=O) groups excluding carboxylic acids is 2. The van der Waals surface area contributed by atoms with Gasteiger partial charge in [-0.2, -0.15) is 0 Å². The van der Waals surface area contributed by atoms with Gasteiger partial charge in [-0.15, -0.1) is 0 Å². The second-order valence-corrected chi connectivity index (χ2v) is 7.68. The summed E-state index contributed by atoms with van der Waals surface area (Å²) in [4.78, 5) is 31.3. The molecule has 0 radical (unpaired) electrons. The second kappa shape index (κ2) is 7.78. The molecule has 27 heavy (non-hydrogen) atoms. The molecule has 1 N–H and O–H groups in total. The number of anilines is 1. The van der Waals surface area contributed by atoms with Crippen molar-refractivity contribution in [1.29, 1.82) is 0 Å². The van der Waals surface area contributed by atoms with Crippen molar-refractivity contribution in [1.82, 2.24) is 9.88 Å². The minimum absolute atomic E-state index is 0.0000417. The van der Waals surface area contributed by atoms with Crippen molar-refractivity contribution in [2.24, 2.45) is 5.41 Å². The van der Waals surface area contributed by atoms with Gasteiger partial charge in [0.15, 0.2) is 5.75 Å². The molecule has 2 aromatic rings. The van der Waals surface area contributed by atoms with E-state index in [4.69, 9.17) is 4.74 Å². The minimum Gasteiger partial charge on any atom is -0.454 e. The van der Waals surface area contributed by atoms with Crippen LogP contribution in [-0.2, 0) is 9.59 Å². The van der Waals surface area contributed by atoms with E-state index in [0.717, 1.165) is 6.42 Å². The van der Waals surface area contributed by atoms with Gasteiger partial charge in [0.2, 0.25) is 11.8 Å². The SMILES string of the molecule is CC(C)(C)C(=O)N1CCCC1C(=O)Nc1ccccc1Oc1cccnc1. The summed E-state index contributed by atoms with van der Waals surface area (Å²) in [7, 11) is 0. The highest BCUT2D eigenvalue weighted by Gasteiger charge is 2.38. The van der Waals surface area contributed by atoms with Crippen LogP contribution < -0.4 is 10.1 Å². The molecule has 2 heterocycles. The number of hydrogen-bond acceptors (Lipinski definition) is 4. The molecule has 1 atom stereocenters. The third-order valence-corrected chi connectivity index (χ3v) is 4.47. The molecule has 0 saturated carbocycles. The molecular formula is C21H25N3O3. The molecule has 2 amide bonds. The topological polar surface area (TPSA) is 71.5 Å². The molecule has 142 valence electrons. The van der Waals surface area contributed by atoms with Gasteiger partial charge in [-0.3, -0.25) is 14.6 Å². The van der Waals surface area contributed by atoms with Crippen LogP contribution in [0.25, 0.3) is 0 Å². The van der Waals surface area contributed by atoms with Crippen molar-refractivity contribution in [3.05, 3.63) is 48.8 Å². The Hall–Kier alpha value is -2.89. The number of nitrogens with one attached hydrogen (secondary N) is 1. The van der Waals surface area contributed by atoms with E-state index in [9.17, 15) is 9.59 Å². The lowest BCUT2D eigenvalue weighted by molar-refractivity contribution is -0.143. The summed E-state index contributed by atoms with van der Waals surface area (Å²) < 4.78 is 5.84. The van der Waals surface area contributed by atoms with Crippen LogP contribution in [0.3, 0.4) is 0 Å². The molecular weight excluding hydrogens is 342 g/mol. The maximum atomic E-state index is 12.9. The fraction of sp³-hybridized carbons (Fsp3) is 0.381.